The molecule has 4 heterocycles. The maximum atomic E-state index is 12.2. The maximum Gasteiger partial charge on any atom is 0.410 e. The zero-order valence-electron chi connectivity index (χ0n) is 22.4. The highest BCUT2D eigenvalue weighted by Crippen LogP contribution is 2.41. The van der Waals surface area contributed by atoms with Crippen LogP contribution in [0, 0.1) is 11.8 Å². The Bertz CT molecular complexity index is 791. The summed E-state index contributed by atoms with van der Waals surface area (Å²) in [5, 5.41) is 18.4. The van der Waals surface area contributed by atoms with E-state index in [-0.39, 0.29) is 36.4 Å². The number of fused-ring (bicyclic) bond motifs is 4. The van der Waals surface area contributed by atoms with Crippen molar-refractivity contribution in [3.63, 3.8) is 0 Å². The molecule has 0 unspecified atom stereocenters. The van der Waals surface area contributed by atoms with Crippen molar-refractivity contribution in [2.24, 2.45) is 11.8 Å². The van der Waals surface area contributed by atoms with Crippen molar-refractivity contribution in [1.82, 2.24) is 9.80 Å². The summed E-state index contributed by atoms with van der Waals surface area (Å²) in [5.41, 5.74) is -1.07. The molecule has 0 saturated carbocycles. The van der Waals surface area contributed by atoms with E-state index in [1.165, 1.54) is 0 Å². The molecule has 4 saturated heterocycles. The van der Waals surface area contributed by atoms with Crippen LogP contribution in [0.5, 0.6) is 0 Å². The second kappa shape index (κ2) is 10.5. The Hall–Kier alpha value is -2.52. The zero-order valence-corrected chi connectivity index (χ0v) is 22.4. The average molecular weight is 511 g/mol. The molecule has 4 fully saturated rings. The van der Waals surface area contributed by atoms with Crippen molar-refractivity contribution >= 4 is 24.1 Å². The number of carboxylic acid groups (broad SMARTS) is 2. The molecule has 0 aromatic rings. The first kappa shape index (κ1) is 28.1. The number of hydrogen-bond acceptors (Lipinski definition) is 6. The third-order valence-electron chi connectivity index (χ3n) is 7.40. The molecule has 2 N–H and O–H groups in total. The number of carbonyl (C=O) groups excluding carboxylic acids is 2. The van der Waals surface area contributed by atoms with Crippen LogP contribution in [0.3, 0.4) is 0 Å². The number of carboxylic acids is 2. The van der Waals surface area contributed by atoms with Gasteiger partial charge in [0, 0.05) is 24.2 Å². The van der Waals surface area contributed by atoms with Crippen LogP contribution < -0.4 is 0 Å². The largest absolute Gasteiger partial charge is 0.481 e. The summed E-state index contributed by atoms with van der Waals surface area (Å²) >= 11 is 0. The number of hydrogen-bond donors (Lipinski definition) is 2. The van der Waals surface area contributed by atoms with Crippen LogP contribution in [0.15, 0.2) is 0 Å². The molecule has 4 rings (SSSR count). The highest BCUT2D eigenvalue weighted by atomic mass is 16.6. The Kier molecular flexibility index (Phi) is 8.15. The molecule has 36 heavy (non-hydrogen) atoms. The lowest BCUT2D eigenvalue weighted by atomic mass is 9.98. The first-order chi connectivity index (χ1) is 16.6. The van der Waals surface area contributed by atoms with E-state index >= 15 is 0 Å². The number of piperidine rings is 2. The number of aliphatic carboxylic acids is 2. The van der Waals surface area contributed by atoms with Crippen LogP contribution in [0.2, 0.25) is 0 Å². The van der Waals surface area contributed by atoms with Gasteiger partial charge in [-0.3, -0.25) is 9.59 Å². The van der Waals surface area contributed by atoms with Crippen LogP contribution in [0.4, 0.5) is 9.59 Å². The van der Waals surface area contributed by atoms with Gasteiger partial charge in [-0.15, -0.1) is 0 Å². The van der Waals surface area contributed by atoms with Crippen molar-refractivity contribution in [3.05, 3.63) is 0 Å². The van der Waals surface area contributed by atoms with Crippen LogP contribution in [0.25, 0.3) is 0 Å². The summed E-state index contributed by atoms with van der Waals surface area (Å²) in [6, 6.07) is -0.286. The molecule has 0 radical (unpaired) electrons. The van der Waals surface area contributed by atoms with Gasteiger partial charge in [-0.2, -0.15) is 0 Å². The second-order valence-corrected chi connectivity index (χ2v) is 12.4. The lowest BCUT2D eigenvalue weighted by molar-refractivity contribution is -0.143. The number of rotatable bonds is 2. The fourth-order valence-electron chi connectivity index (χ4n) is 6.11. The van der Waals surface area contributed by atoms with Gasteiger partial charge in [-0.1, -0.05) is 0 Å². The predicted molar refractivity (Wildman–Crippen MR) is 130 cm³/mol. The number of nitrogens with zero attached hydrogens (tertiary/aromatic N) is 2. The molecule has 204 valence electrons. The topological polar surface area (TPSA) is 134 Å². The molecule has 6 atom stereocenters. The van der Waals surface area contributed by atoms with E-state index in [2.05, 4.69) is 0 Å². The number of amides is 2. The van der Waals surface area contributed by atoms with E-state index in [4.69, 9.17) is 9.47 Å². The molecule has 0 aliphatic carbocycles. The number of carbonyl (C=O) groups is 4. The smallest absolute Gasteiger partial charge is 0.410 e. The lowest BCUT2D eigenvalue weighted by Gasteiger charge is -2.36. The molecule has 4 aliphatic rings. The van der Waals surface area contributed by atoms with E-state index in [9.17, 15) is 29.4 Å². The van der Waals surface area contributed by atoms with Gasteiger partial charge in [-0.25, -0.2) is 9.59 Å². The third-order valence-corrected chi connectivity index (χ3v) is 7.40. The highest BCUT2D eigenvalue weighted by Gasteiger charge is 2.51. The minimum Gasteiger partial charge on any atom is -0.481 e. The summed E-state index contributed by atoms with van der Waals surface area (Å²) in [5.74, 6) is -2.44. The molecule has 4 aliphatic heterocycles. The van der Waals surface area contributed by atoms with E-state index in [0.29, 0.717) is 12.8 Å². The van der Waals surface area contributed by atoms with Crippen LogP contribution in [0.1, 0.15) is 92.9 Å². The molecule has 0 aromatic carbocycles. The molecular formula is C26H42N2O8. The summed E-state index contributed by atoms with van der Waals surface area (Å²) in [7, 11) is 0. The minimum atomic E-state index is -0.794. The summed E-state index contributed by atoms with van der Waals surface area (Å²) < 4.78 is 10.8. The first-order valence-corrected chi connectivity index (χ1v) is 13.1. The van der Waals surface area contributed by atoms with Crippen molar-refractivity contribution < 1.29 is 38.9 Å². The molecule has 0 spiro atoms. The average Bonchev–Trinajstić information content (AvgIpc) is 3.09. The molecule has 0 aromatic heterocycles. The monoisotopic (exact) mass is 510 g/mol. The molecule has 4 bridgehead atoms. The number of ether oxygens (including phenoxy) is 2. The van der Waals surface area contributed by atoms with E-state index in [1.807, 2.05) is 41.5 Å². The van der Waals surface area contributed by atoms with Crippen LogP contribution >= 0.6 is 0 Å². The van der Waals surface area contributed by atoms with Crippen LogP contribution in [-0.4, -0.2) is 79.5 Å². The van der Waals surface area contributed by atoms with Gasteiger partial charge in [0.2, 0.25) is 0 Å². The van der Waals surface area contributed by atoms with Crippen molar-refractivity contribution in [2.75, 3.05) is 0 Å². The van der Waals surface area contributed by atoms with E-state index in [0.717, 1.165) is 38.5 Å². The normalized spacial score (nSPS) is 31.3. The second-order valence-electron chi connectivity index (χ2n) is 12.4. The van der Waals surface area contributed by atoms with Crippen LogP contribution in [-0.2, 0) is 19.1 Å². The minimum absolute atomic E-state index is 0.0414. The van der Waals surface area contributed by atoms with Crippen molar-refractivity contribution in [2.45, 2.75) is 128 Å². The van der Waals surface area contributed by atoms with Crippen molar-refractivity contribution in [1.29, 1.82) is 0 Å². The predicted octanol–water partition coefficient (Wildman–Crippen LogP) is 4.50. The summed E-state index contributed by atoms with van der Waals surface area (Å²) in [6.07, 6.45) is 5.73. The maximum absolute atomic E-state index is 12.2. The van der Waals surface area contributed by atoms with Gasteiger partial charge in [0.1, 0.15) is 11.2 Å². The van der Waals surface area contributed by atoms with E-state index in [1.54, 1.807) is 9.80 Å². The Morgan fingerprint density at radius 2 is 0.972 bits per heavy atom. The summed E-state index contributed by atoms with van der Waals surface area (Å²) in [4.78, 5) is 50.1. The molecule has 2 amide bonds. The first-order valence-electron chi connectivity index (χ1n) is 13.1. The van der Waals surface area contributed by atoms with Gasteiger partial charge in [0.25, 0.3) is 0 Å². The quantitative estimate of drug-likeness (QED) is 0.555. The van der Waals surface area contributed by atoms with Crippen molar-refractivity contribution in [3.8, 4) is 0 Å². The zero-order chi connectivity index (χ0) is 27.0. The fraction of sp³-hybridized carbons (Fsp3) is 0.846. The Balaban J connectivity index is 0.000000201. The van der Waals surface area contributed by atoms with E-state index < -0.39 is 35.0 Å². The van der Waals surface area contributed by atoms with Gasteiger partial charge in [-0.05, 0) is 92.9 Å². The third kappa shape index (κ3) is 6.42. The van der Waals surface area contributed by atoms with Gasteiger partial charge < -0.3 is 29.5 Å². The Morgan fingerprint density at radius 3 is 1.25 bits per heavy atom. The SMILES string of the molecule is CC(C)(C)OC(=O)N1[C@@H]2CCC[C@H]1[C@H](C(=O)O)C2.CC(C)(C)OC(=O)N1[C@H]2CCC[C@@H]1[C@@H](C(=O)O)C2. The van der Waals surface area contributed by atoms with Gasteiger partial charge in [0.15, 0.2) is 0 Å². The summed E-state index contributed by atoms with van der Waals surface area (Å²) in [6.45, 7) is 10.9. The van der Waals surface area contributed by atoms with Gasteiger partial charge >= 0.3 is 24.1 Å². The fourth-order valence-corrected chi connectivity index (χ4v) is 6.11. The molecule has 10 heteroatoms. The Morgan fingerprint density at radius 1 is 0.639 bits per heavy atom. The lowest BCUT2D eigenvalue weighted by Crippen LogP contribution is -2.48. The van der Waals surface area contributed by atoms with Gasteiger partial charge in [0.05, 0.1) is 11.8 Å². The molecule has 10 nitrogen and oxygen atoms in total. The Labute approximate surface area is 213 Å². The highest BCUT2D eigenvalue weighted by molar-refractivity contribution is 5.76. The standard InChI is InChI=1S/2C13H21NO4/c2*1-13(2,3)18-12(17)14-8-5-4-6-10(14)9(7-8)11(15)16/h2*8-10H,4-7H2,1-3H3,(H,15,16)/t2*8-,9-,10+/m10/s1. The molecular weight excluding hydrogens is 468 g/mol.